The number of hydrogen-bond acceptors (Lipinski definition) is 5. The van der Waals surface area contributed by atoms with Crippen LogP contribution in [-0.2, 0) is 14.8 Å². The highest BCUT2D eigenvalue weighted by molar-refractivity contribution is 7.89. The van der Waals surface area contributed by atoms with Gasteiger partial charge in [-0.15, -0.1) is 0 Å². The predicted molar refractivity (Wildman–Crippen MR) is 105 cm³/mol. The molecule has 2 aromatic rings. The van der Waals surface area contributed by atoms with E-state index in [0.29, 0.717) is 22.9 Å². The van der Waals surface area contributed by atoms with Crippen LogP contribution in [0.25, 0.3) is 10.8 Å². The molecule has 10 heteroatoms. The molecule has 0 unspecified atom stereocenters. The van der Waals surface area contributed by atoms with Crippen LogP contribution in [0, 0.1) is 0 Å². The third-order valence-corrected chi connectivity index (χ3v) is 5.66. The zero-order valence-corrected chi connectivity index (χ0v) is 16.3. The van der Waals surface area contributed by atoms with Gasteiger partial charge >= 0.3 is 0 Å². The van der Waals surface area contributed by atoms with E-state index in [4.69, 9.17) is 27.8 Å². The number of aliphatic imine (C=N–C) groups is 1. The fourth-order valence-corrected chi connectivity index (χ4v) is 4.32. The Bertz CT molecular complexity index is 959. The van der Waals surface area contributed by atoms with Crippen LogP contribution in [0.5, 0.6) is 5.75 Å². The maximum Gasteiger partial charge on any atom is 0.241 e. The Morgan fingerprint density at radius 2 is 1.89 bits per heavy atom. The monoisotopic (exact) mass is 412 g/mol. The Morgan fingerprint density at radius 3 is 2.52 bits per heavy atom. The van der Waals surface area contributed by atoms with Crippen LogP contribution >= 0.6 is 11.6 Å². The van der Waals surface area contributed by atoms with Gasteiger partial charge in [0, 0.05) is 17.3 Å². The second-order valence-corrected chi connectivity index (χ2v) is 7.79. The number of rotatable bonds is 9. The molecular weight excluding hydrogens is 392 g/mol. The second-order valence-electron chi connectivity index (χ2n) is 5.74. The minimum absolute atomic E-state index is 0.0334. The molecule has 0 saturated heterocycles. The quantitative estimate of drug-likeness (QED) is 0.246. The van der Waals surface area contributed by atoms with Crippen LogP contribution in [-0.4, -0.2) is 39.3 Å². The number of ether oxygens (including phenoxy) is 1. The molecular formula is C17H21ClN4O4S. The van der Waals surface area contributed by atoms with Crippen molar-refractivity contribution in [3.05, 3.63) is 36.4 Å². The van der Waals surface area contributed by atoms with Gasteiger partial charge in [0.25, 0.3) is 0 Å². The van der Waals surface area contributed by atoms with E-state index in [1.807, 2.05) is 0 Å². The number of nitrogens with one attached hydrogen (secondary N) is 1. The SMILES string of the molecule is COc1cccc2c(S(=O)(=O)N[C@@H](CCCN=C(N)N)C(=O)Cl)cccc12. The van der Waals surface area contributed by atoms with E-state index in [-0.39, 0.29) is 23.8 Å². The Labute approximate surface area is 162 Å². The molecule has 0 saturated carbocycles. The van der Waals surface area contributed by atoms with E-state index in [1.54, 1.807) is 30.3 Å². The van der Waals surface area contributed by atoms with Gasteiger partial charge in [-0.05, 0) is 36.6 Å². The number of methoxy groups -OCH3 is 1. The first-order valence-electron chi connectivity index (χ1n) is 8.09. The van der Waals surface area contributed by atoms with Gasteiger partial charge in [0.1, 0.15) is 5.75 Å². The summed E-state index contributed by atoms with van der Waals surface area (Å²) in [6.45, 7) is 0.260. The first kappa shape index (κ1) is 20.9. The van der Waals surface area contributed by atoms with Crippen molar-refractivity contribution in [2.45, 2.75) is 23.8 Å². The number of hydrogen-bond donors (Lipinski definition) is 3. The fraction of sp³-hybridized carbons (Fsp3) is 0.294. The average Bonchev–Trinajstić information content (AvgIpc) is 2.62. The Hall–Kier alpha value is -2.36. The summed E-state index contributed by atoms with van der Waals surface area (Å²) in [5, 5.41) is 0.316. The molecule has 2 rings (SSSR count). The highest BCUT2D eigenvalue weighted by Crippen LogP contribution is 2.30. The number of carbonyl (C=O) groups excluding carboxylic acids is 1. The smallest absolute Gasteiger partial charge is 0.241 e. The molecule has 0 aliphatic heterocycles. The summed E-state index contributed by atoms with van der Waals surface area (Å²) < 4.78 is 33.4. The summed E-state index contributed by atoms with van der Waals surface area (Å²) in [5.41, 5.74) is 10.5. The Kier molecular flexibility index (Phi) is 7.00. The number of nitrogens with two attached hydrogens (primary N) is 2. The van der Waals surface area contributed by atoms with Crippen molar-refractivity contribution in [1.29, 1.82) is 0 Å². The van der Waals surface area contributed by atoms with Crippen LogP contribution in [0.2, 0.25) is 0 Å². The first-order chi connectivity index (χ1) is 12.8. The van der Waals surface area contributed by atoms with E-state index >= 15 is 0 Å². The van der Waals surface area contributed by atoms with Crippen molar-refractivity contribution in [3.63, 3.8) is 0 Å². The first-order valence-corrected chi connectivity index (χ1v) is 9.95. The molecule has 0 aliphatic carbocycles. The van der Waals surface area contributed by atoms with Gasteiger partial charge in [-0.1, -0.05) is 24.3 Å². The van der Waals surface area contributed by atoms with Gasteiger partial charge in [-0.2, -0.15) is 4.72 Å². The molecule has 1 atom stereocenters. The average molecular weight is 413 g/mol. The van der Waals surface area contributed by atoms with Gasteiger partial charge in [0.15, 0.2) is 5.96 Å². The predicted octanol–water partition coefficient (Wildman–Crippen LogP) is 1.31. The highest BCUT2D eigenvalue weighted by atomic mass is 35.5. The lowest BCUT2D eigenvalue weighted by molar-refractivity contribution is -0.113. The van der Waals surface area contributed by atoms with E-state index < -0.39 is 21.3 Å². The molecule has 0 fully saturated rings. The maximum atomic E-state index is 12.9. The van der Waals surface area contributed by atoms with Crippen LogP contribution in [0.3, 0.4) is 0 Å². The van der Waals surface area contributed by atoms with E-state index in [0.717, 1.165) is 0 Å². The number of guanidine groups is 1. The van der Waals surface area contributed by atoms with Crippen molar-refractivity contribution in [2.24, 2.45) is 16.5 Å². The lowest BCUT2D eigenvalue weighted by atomic mass is 10.1. The molecule has 0 aromatic heterocycles. The summed E-state index contributed by atoms with van der Waals surface area (Å²) in [5.74, 6) is 0.473. The normalized spacial score (nSPS) is 12.5. The van der Waals surface area contributed by atoms with Crippen molar-refractivity contribution >= 4 is 43.6 Å². The van der Waals surface area contributed by atoms with Crippen LogP contribution in [0.15, 0.2) is 46.3 Å². The minimum Gasteiger partial charge on any atom is -0.496 e. The summed E-state index contributed by atoms with van der Waals surface area (Å²) in [6.07, 6.45) is 0.541. The summed E-state index contributed by atoms with van der Waals surface area (Å²) in [6, 6.07) is 8.83. The lowest BCUT2D eigenvalue weighted by Crippen LogP contribution is -2.39. The van der Waals surface area contributed by atoms with Crippen molar-refractivity contribution < 1.29 is 17.9 Å². The number of benzene rings is 2. The largest absolute Gasteiger partial charge is 0.496 e. The van der Waals surface area contributed by atoms with Crippen LogP contribution < -0.4 is 20.9 Å². The maximum absolute atomic E-state index is 12.9. The van der Waals surface area contributed by atoms with Crippen LogP contribution in [0.1, 0.15) is 12.8 Å². The van der Waals surface area contributed by atoms with E-state index in [2.05, 4.69) is 9.71 Å². The third-order valence-electron chi connectivity index (χ3n) is 3.87. The van der Waals surface area contributed by atoms with Gasteiger partial charge in [-0.3, -0.25) is 9.79 Å². The topological polar surface area (TPSA) is 137 Å². The number of nitrogens with zero attached hydrogens (tertiary/aromatic N) is 1. The molecule has 0 spiro atoms. The summed E-state index contributed by atoms with van der Waals surface area (Å²) >= 11 is 5.57. The molecule has 2 aromatic carbocycles. The minimum atomic E-state index is -4.01. The summed E-state index contributed by atoms with van der Waals surface area (Å²) in [4.78, 5) is 15.5. The molecule has 5 N–H and O–H groups in total. The Morgan fingerprint density at radius 1 is 1.22 bits per heavy atom. The molecule has 0 aliphatic rings. The third kappa shape index (κ3) is 5.31. The van der Waals surface area contributed by atoms with Gasteiger partial charge < -0.3 is 16.2 Å². The number of fused-ring (bicyclic) bond motifs is 1. The van der Waals surface area contributed by atoms with Gasteiger partial charge in [0.2, 0.25) is 15.3 Å². The van der Waals surface area contributed by atoms with E-state index in [1.165, 1.54) is 13.2 Å². The molecule has 27 heavy (non-hydrogen) atoms. The fourth-order valence-electron chi connectivity index (χ4n) is 2.64. The zero-order chi connectivity index (χ0) is 20.0. The van der Waals surface area contributed by atoms with Crippen molar-refractivity contribution in [1.82, 2.24) is 4.72 Å². The van der Waals surface area contributed by atoms with Crippen molar-refractivity contribution in [3.8, 4) is 5.75 Å². The van der Waals surface area contributed by atoms with Gasteiger partial charge in [0.05, 0.1) is 18.0 Å². The molecule has 0 bridgehead atoms. The number of carbonyl (C=O) groups is 1. The lowest BCUT2D eigenvalue weighted by Gasteiger charge is -2.16. The summed E-state index contributed by atoms with van der Waals surface area (Å²) in [7, 11) is -2.50. The Balaban J connectivity index is 2.30. The molecule has 8 nitrogen and oxygen atoms in total. The van der Waals surface area contributed by atoms with Crippen LogP contribution in [0.4, 0.5) is 0 Å². The van der Waals surface area contributed by atoms with E-state index in [9.17, 15) is 13.2 Å². The molecule has 146 valence electrons. The molecule has 0 radical (unpaired) electrons. The second kappa shape index (κ2) is 9.03. The van der Waals surface area contributed by atoms with Crippen molar-refractivity contribution in [2.75, 3.05) is 13.7 Å². The standard InChI is InChI=1S/C17H21ClN4O4S/c1-26-14-8-2-6-12-11(14)5-3-9-15(12)27(24,25)22-13(16(18)23)7-4-10-21-17(19)20/h2-3,5-6,8-9,13,22H,4,7,10H2,1H3,(H4,19,20,21)/t13-/m0/s1. The number of sulfonamides is 1. The molecule has 0 heterocycles. The van der Waals surface area contributed by atoms with Gasteiger partial charge in [-0.25, -0.2) is 8.42 Å². The zero-order valence-electron chi connectivity index (χ0n) is 14.7. The highest BCUT2D eigenvalue weighted by Gasteiger charge is 2.26. The number of halogens is 1. The molecule has 0 amide bonds.